The van der Waals surface area contributed by atoms with Crippen molar-refractivity contribution in [3.8, 4) is 0 Å². The number of rotatable bonds is 10. The molecule has 2 N–H and O–H groups in total. The molecular formula is C23H28FN5O3S. The Morgan fingerprint density at radius 3 is 2.55 bits per heavy atom. The third-order valence-corrected chi connectivity index (χ3v) is 6.55. The van der Waals surface area contributed by atoms with Gasteiger partial charge in [-0.3, -0.25) is 14.4 Å². The minimum absolute atomic E-state index is 0.0180. The van der Waals surface area contributed by atoms with Crippen LogP contribution >= 0.6 is 11.3 Å². The molecule has 0 spiro atoms. The lowest BCUT2D eigenvalue weighted by atomic mass is 10.2. The van der Waals surface area contributed by atoms with Gasteiger partial charge in [0, 0.05) is 30.1 Å². The summed E-state index contributed by atoms with van der Waals surface area (Å²) in [4.78, 5) is 45.7. The number of amides is 3. The summed E-state index contributed by atoms with van der Waals surface area (Å²) in [5.41, 5.74) is 0.943. The molecule has 1 saturated heterocycles. The summed E-state index contributed by atoms with van der Waals surface area (Å²) in [7, 11) is 0. The van der Waals surface area contributed by atoms with E-state index in [4.69, 9.17) is 0 Å². The zero-order chi connectivity index (χ0) is 23.2. The first-order valence-electron chi connectivity index (χ1n) is 11.3. The zero-order valence-corrected chi connectivity index (χ0v) is 19.2. The Balaban J connectivity index is 1.24. The van der Waals surface area contributed by atoms with E-state index in [-0.39, 0.29) is 36.7 Å². The molecule has 1 saturated carbocycles. The van der Waals surface area contributed by atoms with E-state index in [2.05, 4.69) is 20.5 Å². The summed E-state index contributed by atoms with van der Waals surface area (Å²) in [6, 6.07) is 5.34. The molecule has 0 radical (unpaired) electrons. The van der Waals surface area contributed by atoms with Crippen LogP contribution in [0.5, 0.6) is 0 Å². The molecule has 1 aliphatic carbocycles. The molecule has 2 aliphatic rings. The first-order chi connectivity index (χ1) is 16.0. The predicted octanol–water partition coefficient (Wildman–Crippen LogP) is 2.28. The molecule has 2 fully saturated rings. The van der Waals surface area contributed by atoms with E-state index in [0.29, 0.717) is 22.9 Å². The van der Waals surface area contributed by atoms with Crippen LogP contribution in [-0.4, -0.2) is 71.3 Å². The highest BCUT2D eigenvalue weighted by atomic mass is 32.1. The number of hydrogen-bond donors (Lipinski definition) is 2. The number of halogens is 1. The molecule has 8 nitrogen and oxygen atoms in total. The highest BCUT2D eigenvalue weighted by Crippen LogP contribution is 2.28. The number of likely N-dealkylation sites (tertiary alicyclic amines) is 1. The second kappa shape index (κ2) is 10.8. The van der Waals surface area contributed by atoms with Crippen LogP contribution < -0.4 is 10.6 Å². The van der Waals surface area contributed by atoms with Crippen molar-refractivity contribution in [1.29, 1.82) is 0 Å². The summed E-state index contributed by atoms with van der Waals surface area (Å²) in [5, 5.41) is 7.78. The van der Waals surface area contributed by atoms with Crippen LogP contribution in [0.3, 0.4) is 0 Å². The number of nitrogens with zero attached hydrogens (tertiary/aromatic N) is 3. The average Bonchev–Trinajstić information content (AvgIpc) is 3.32. The van der Waals surface area contributed by atoms with Gasteiger partial charge in [0.15, 0.2) is 5.13 Å². The first-order valence-corrected chi connectivity index (χ1v) is 12.2. The van der Waals surface area contributed by atoms with Gasteiger partial charge in [-0.1, -0.05) is 0 Å². The third kappa shape index (κ3) is 6.82. The lowest BCUT2D eigenvalue weighted by Crippen LogP contribution is -2.39. The first kappa shape index (κ1) is 23.3. The van der Waals surface area contributed by atoms with Gasteiger partial charge in [-0.25, -0.2) is 9.37 Å². The summed E-state index contributed by atoms with van der Waals surface area (Å²) in [5.74, 6) is -1.16. The maximum Gasteiger partial charge on any atom is 0.254 e. The van der Waals surface area contributed by atoms with Crippen molar-refractivity contribution >= 4 is 34.2 Å². The molecule has 2 aromatic rings. The van der Waals surface area contributed by atoms with E-state index in [1.54, 1.807) is 5.38 Å². The molecular weight excluding hydrogens is 445 g/mol. The molecule has 3 amide bonds. The van der Waals surface area contributed by atoms with Crippen LogP contribution in [-0.2, 0) is 16.0 Å². The fourth-order valence-corrected chi connectivity index (χ4v) is 4.58. The number of aromatic nitrogens is 1. The second-order valence-corrected chi connectivity index (χ2v) is 9.30. The molecule has 4 rings (SSSR count). The van der Waals surface area contributed by atoms with Crippen molar-refractivity contribution in [1.82, 2.24) is 20.1 Å². The Morgan fingerprint density at radius 2 is 1.85 bits per heavy atom. The number of carbonyl (C=O) groups is 3. The number of hydrogen-bond acceptors (Lipinski definition) is 6. The quantitative estimate of drug-likeness (QED) is 0.552. The summed E-state index contributed by atoms with van der Waals surface area (Å²) >= 11 is 1.25. The van der Waals surface area contributed by atoms with Crippen molar-refractivity contribution < 1.29 is 18.8 Å². The van der Waals surface area contributed by atoms with Crippen LogP contribution in [0.4, 0.5) is 9.52 Å². The molecule has 1 aromatic heterocycles. The van der Waals surface area contributed by atoms with Crippen molar-refractivity contribution in [2.45, 2.75) is 38.1 Å². The van der Waals surface area contributed by atoms with E-state index in [1.807, 2.05) is 0 Å². The Kier molecular flexibility index (Phi) is 7.66. The largest absolute Gasteiger partial charge is 0.354 e. The van der Waals surface area contributed by atoms with Gasteiger partial charge in [0.2, 0.25) is 11.8 Å². The summed E-state index contributed by atoms with van der Waals surface area (Å²) in [6.45, 7) is 3.56. The van der Waals surface area contributed by atoms with Gasteiger partial charge >= 0.3 is 0 Å². The number of nitrogens with one attached hydrogen (secondary N) is 2. The molecule has 176 valence electrons. The van der Waals surface area contributed by atoms with Gasteiger partial charge in [0.1, 0.15) is 12.4 Å². The molecule has 1 aliphatic heterocycles. The van der Waals surface area contributed by atoms with Gasteiger partial charge in [0.25, 0.3) is 5.91 Å². The van der Waals surface area contributed by atoms with Gasteiger partial charge in [0.05, 0.1) is 12.1 Å². The van der Waals surface area contributed by atoms with Gasteiger partial charge in [-0.2, -0.15) is 0 Å². The van der Waals surface area contributed by atoms with Gasteiger partial charge < -0.3 is 20.4 Å². The third-order valence-electron chi connectivity index (χ3n) is 5.74. The molecule has 33 heavy (non-hydrogen) atoms. The lowest BCUT2D eigenvalue weighted by molar-refractivity contribution is -0.120. The lowest BCUT2D eigenvalue weighted by Gasteiger charge is -2.21. The van der Waals surface area contributed by atoms with E-state index in [9.17, 15) is 18.8 Å². The van der Waals surface area contributed by atoms with Crippen molar-refractivity contribution in [2.75, 3.05) is 38.0 Å². The summed E-state index contributed by atoms with van der Waals surface area (Å²) < 4.78 is 13.2. The Labute approximate surface area is 196 Å². The van der Waals surface area contributed by atoms with Crippen LogP contribution in [0.25, 0.3) is 0 Å². The topological polar surface area (TPSA) is 94.6 Å². The SMILES string of the molecule is O=C(Cc1csc(NC(=O)CN(C(=O)c2ccc(F)cc2)C2CC2)n1)NCCN1CCCC1. The molecule has 2 heterocycles. The number of anilines is 1. The number of thiazole rings is 1. The van der Waals surface area contributed by atoms with E-state index >= 15 is 0 Å². The highest BCUT2D eigenvalue weighted by molar-refractivity contribution is 7.13. The number of benzene rings is 1. The molecule has 0 unspecified atom stereocenters. The zero-order valence-electron chi connectivity index (χ0n) is 18.4. The number of carbonyl (C=O) groups excluding carboxylic acids is 3. The predicted molar refractivity (Wildman–Crippen MR) is 124 cm³/mol. The van der Waals surface area contributed by atoms with Crippen LogP contribution in [0.2, 0.25) is 0 Å². The maximum absolute atomic E-state index is 13.2. The molecule has 1 aromatic carbocycles. The normalized spacial score (nSPS) is 15.9. The summed E-state index contributed by atoms with van der Waals surface area (Å²) in [6.07, 6.45) is 4.28. The second-order valence-electron chi connectivity index (χ2n) is 8.44. The molecule has 0 atom stereocenters. The highest BCUT2D eigenvalue weighted by Gasteiger charge is 2.34. The molecule has 0 bridgehead atoms. The van der Waals surface area contributed by atoms with Crippen LogP contribution in [0.15, 0.2) is 29.6 Å². The van der Waals surface area contributed by atoms with Crippen LogP contribution in [0, 0.1) is 5.82 Å². The fraction of sp³-hybridized carbons (Fsp3) is 0.478. The van der Waals surface area contributed by atoms with E-state index < -0.39 is 5.82 Å². The van der Waals surface area contributed by atoms with E-state index in [0.717, 1.165) is 32.5 Å². The van der Waals surface area contributed by atoms with E-state index in [1.165, 1.54) is 53.3 Å². The van der Waals surface area contributed by atoms with Crippen molar-refractivity contribution in [2.24, 2.45) is 0 Å². The smallest absolute Gasteiger partial charge is 0.254 e. The minimum atomic E-state index is -0.415. The Bertz CT molecular complexity index is 986. The van der Waals surface area contributed by atoms with Gasteiger partial charge in [-0.05, 0) is 63.0 Å². The monoisotopic (exact) mass is 473 g/mol. The Hall–Kier alpha value is -2.85. The average molecular weight is 474 g/mol. The fourth-order valence-electron chi connectivity index (χ4n) is 3.86. The maximum atomic E-state index is 13.2. The van der Waals surface area contributed by atoms with Gasteiger partial charge in [-0.15, -0.1) is 11.3 Å². The van der Waals surface area contributed by atoms with Crippen molar-refractivity contribution in [3.63, 3.8) is 0 Å². The van der Waals surface area contributed by atoms with Crippen molar-refractivity contribution in [3.05, 3.63) is 46.7 Å². The molecule has 10 heteroatoms. The standard InChI is InChI=1S/C23H28FN5O3S/c24-17-5-3-16(4-6-17)22(32)29(19-7-8-19)14-21(31)27-23-26-18(15-33-23)13-20(30)25-9-12-28-10-1-2-11-28/h3-6,15,19H,1-2,7-14H2,(H,25,30)(H,26,27,31). The Morgan fingerprint density at radius 1 is 1.12 bits per heavy atom. The van der Waals surface area contributed by atoms with Crippen LogP contribution in [0.1, 0.15) is 41.7 Å². The minimum Gasteiger partial charge on any atom is -0.354 e.